The fourth-order valence-electron chi connectivity index (χ4n) is 5.15. The number of hydrogen-bond acceptors (Lipinski definition) is 10. The molecule has 5 N–H and O–H groups in total. The number of aliphatic hydroxyl groups is 2. The summed E-state index contributed by atoms with van der Waals surface area (Å²) in [5, 5.41) is 40.7. The predicted octanol–water partition coefficient (Wildman–Crippen LogP) is 3.28. The van der Waals surface area contributed by atoms with Crippen LogP contribution in [0, 0.1) is 6.92 Å². The van der Waals surface area contributed by atoms with Crippen molar-refractivity contribution in [3.63, 3.8) is 0 Å². The average molecular weight is 672 g/mol. The summed E-state index contributed by atoms with van der Waals surface area (Å²) in [4.78, 5) is 27.1. The number of hydrogen-bond donors (Lipinski definition) is 5. The molecule has 3 aromatic heterocycles. The Balaban J connectivity index is 0.000000399. The van der Waals surface area contributed by atoms with Crippen LogP contribution in [0.4, 0.5) is 8.78 Å². The molecule has 1 spiro atoms. The number of pyridine rings is 1. The summed E-state index contributed by atoms with van der Waals surface area (Å²) in [7, 11) is 0. The summed E-state index contributed by atoms with van der Waals surface area (Å²) in [5.74, 6) is -5.70. The molecule has 0 saturated carbocycles. The maximum absolute atomic E-state index is 14.4. The van der Waals surface area contributed by atoms with Gasteiger partial charge in [-0.3, -0.25) is 4.90 Å². The van der Waals surface area contributed by atoms with E-state index in [9.17, 15) is 18.4 Å². The maximum Gasteiger partial charge on any atom is 0.335 e. The van der Waals surface area contributed by atoms with Gasteiger partial charge >= 0.3 is 11.9 Å². The normalized spacial score (nSPS) is 18.6. The van der Waals surface area contributed by atoms with Crippen LogP contribution in [0.1, 0.15) is 54.0 Å². The van der Waals surface area contributed by atoms with Crippen LogP contribution in [0.5, 0.6) is 0 Å². The number of fused-ring (bicyclic) bond motifs is 2. The Morgan fingerprint density at radius 2 is 1.80 bits per heavy atom. The minimum Gasteiger partial charge on any atom is -0.479 e. The molecule has 2 aliphatic rings. The number of likely N-dealkylation sites (tertiary alicyclic amines) is 1. The van der Waals surface area contributed by atoms with Crippen LogP contribution in [-0.2, 0) is 38.9 Å². The van der Waals surface area contributed by atoms with Crippen LogP contribution in [0.2, 0.25) is 4.34 Å². The lowest BCUT2D eigenvalue weighted by molar-refractivity contribution is -0.182. The molecule has 2 atom stereocenters. The van der Waals surface area contributed by atoms with Gasteiger partial charge in [-0.2, -0.15) is 13.9 Å². The zero-order chi connectivity index (χ0) is 33.1. The van der Waals surface area contributed by atoms with Gasteiger partial charge in [0.2, 0.25) is 0 Å². The Morgan fingerprint density at radius 3 is 2.40 bits per heavy atom. The molecule has 246 valence electrons. The Bertz CT molecular complexity index is 1490. The number of aliphatic hydroxyl groups excluding tert-OH is 2. The van der Waals surface area contributed by atoms with Crippen molar-refractivity contribution in [2.24, 2.45) is 0 Å². The number of nitrogens with one attached hydrogen (secondary N) is 1. The number of rotatable bonds is 9. The number of halogens is 3. The molecule has 2 aliphatic heterocycles. The van der Waals surface area contributed by atoms with Crippen LogP contribution in [0.3, 0.4) is 0 Å². The van der Waals surface area contributed by atoms with Crippen LogP contribution >= 0.6 is 22.9 Å². The van der Waals surface area contributed by atoms with Crippen molar-refractivity contribution in [1.82, 2.24) is 25.0 Å². The molecule has 0 amide bonds. The molecule has 1 saturated heterocycles. The number of carboxylic acid groups (broad SMARTS) is 2. The highest BCUT2D eigenvalue weighted by Crippen LogP contribution is 2.52. The molecule has 5 rings (SSSR count). The first-order valence-electron chi connectivity index (χ1n) is 14.2. The number of carbonyl (C=O) groups is 2. The number of carboxylic acids is 2. The van der Waals surface area contributed by atoms with E-state index in [2.05, 4.69) is 41.3 Å². The van der Waals surface area contributed by atoms with E-state index in [4.69, 9.17) is 41.9 Å². The third-order valence-electron chi connectivity index (χ3n) is 7.69. The first kappa shape index (κ1) is 34.8. The Labute approximate surface area is 267 Å². The zero-order valence-electron chi connectivity index (χ0n) is 24.9. The topological polar surface area (TPSA) is 170 Å². The van der Waals surface area contributed by atoms with Crippen LogP contribution in [-0.4, -0.2) is 90.0 Å². The van der Waals surface area contributed by atoms with E-state index < -0.39 is 42.3 Å². The third kappa shape index (κ3) is 8.03. The Hall–Kier alpha value is -3.05. The van der Waals surface area contributed by atoms with E-state index in [1.54, 1.807) is 6.20 Å². The number of piperidine rings is 1. The average Bonchev–Trinajstić information content (AvgIpc) is 3.58. The van der Waals surface area contributed by atoms with Crippen molar-refractivity contribution in [2.45, 2.75) is 76.5 Å². The highest BCUT2D eigenvalue weighted by atomic mass is 35.5. The summed E-state index contributed by atoms with van der Waals surface area (Å²) in [6, 6.07) is 5.80. The summed E-state index contributed by atoms with van der Waals surface area (Å²) in [6.45, 7) is 8.62. The maximum atomic E-state index is 14.4. The highest BCUT2D eigenvalue weighted by Gasteiger charge is 2.51. The minimum atomic E-state index is -2.98. The number of aliphatic carboxylic acids is 2. The first-order chi connectivity index (χ1) is 21.1. The quantitative estimate of drug-likeness (QED) is 0.226. The van der Waals surface area contributed by atoms with E-state index in [0.29, 0.717) is 28.1 Å². The van der Waals surface area contributed by atoms with Gasteiger partial charge in [0.1, 0.15) is 12.2 Å². The molecule has 12 nitrogen and oxygen atoms in total. The molecular weight excluding hydrogens is 636 g/mol. The number of aromatic nitrogens is 3. The van der Waals surface area contributed by atoms with E-state index in [1.165, 1.54) is 17.4 Å². The molecule has 45 heavy (non-hydrogen) atoms. The fourth-order valence-corrected chi connectivity index (χ4v) is 6.63. The molecular formula is C29H36ClF2N5O7S. The molecule has 0 radical (unpaired) electrons. The number of alkyl halides is 2. The molecule has 0 bridgehead atoms. The lowest BCUT2D eigenvalue weighted by Crippen LogP contribution is -2.48. The number of nitrogens with zero attached hydrogens (tertiary/aromatic N) is 4. The number of thiophene rings is 1. The Kier molecular flexibility index (Phi) is 11.0. The summed E-state index contributed by atoms with van der Waals surface area (Å²) < 4.78 is 36.9. The largest absolute Gasteiger partial charge is 0.479 e. The predicted molar refractivity (Wildman–Crippen MR) is 161 cm³/mol. The van der Waals surface area contributed by atoms with Crippen molar-refractivity contribution >= 4 is 34.9 Å². The van der Waals surface area contributed by atoms with Gasteiger partial charge in [-0.1, -0.05) is 31.5 Å². The molecule has 0 unspecified atom stereocenters. The van der Waals surface area contributed by atoms with Crippen molar-refractivity contribution in [3.8, 4) is 5.82 Å². The second-order valence-corrected chi connectivity index (χ2v) is 13.0. The monoisotopic (exact) mass is 671 g/mol. The number of ether oxygens (including phenoxy) is 1. The molecule has 16 heteroatoms. The lowest BCUT2D eigenvalue weighted by atomic mass is 9.84. The summed E-state index contributed by atoms with van der Waals surface area (Å²) in [5.41, 5.74) is 2.55. The van der Waals surface area contributed by atoms with Gasteiger partial charge in [-0.25, -0.2) is 19.3 Å². The third-order valence-corrected chi connectivity index (χ3v) is 9.14. The number of aryl methyl sites for hydroxylation is 1. The van der Waals surface area contributed by atoms with Gasteiger partial charge in [-0.05, 0) is 31.9 Å². The van der Waals surface area contributed by atoms with Gasteiger partial charge in [0, 0.05) is 66.2 Å². The van der Waals surface area contributed by atoms with Crippen LogP contribution in [0.15, 0.2) is 30.6 Å². The van der Waals surface area contributed by atoms with Crippen LogP contribution < -0.4 is 5.32 Å². The molecule has 3 aromatic rings. The second-order valence-electron chi connectivity index (χ2n) is 11.3. The fraction of sp³-hybridized carbons (Fsp3) is 0.517. The standard InChI is InChI=1S/C25H30ClF2N5OS.C4H6O6/c1-16(2)30-12-18-5-4-8-29-23(18)33-14-19(17(3)31-33)13-32-9-6-24(7-10-32)22-20(11-21(26)35-22)25(27,28)15-34-24;5-1(3(7)8)2(6)4(9)10/h4-5,8,11,14,16,30H,6-7,9-10,12-13,15H2,1-3H3;1-2,5-6H,(H,7,8)(H,9,10)/t;1-,2-/m.1/s1. The Morgan fingerprint density at radius 1 is 1.16 bits per heavy atom. The minimum absolute atomic E-state index is 0.0439. The summed E-state index contributed by atoms with van der Waals surface area (Å²) >= 11 is 7.36. The highest BCUT2D eigenvalue weighted by molar-refractivity contribution is 7.16. The first-order valence-corrected chi connectivity index (χ1v) is 15.4. The smallest absolute Gasteiger partial charge is 0.335 e. The van der Waals surface area contributed by atoms with Gasteiger partial charge in [0.15, 0.2) is 18.0 Å². The van der Waals surface area contributed by atoms with Crippen molar-refractivity contribution < 1.29 is 43.5 Å². The van der Waals surface area contributed by atoms with Gasteiger partial charge in [-0.15, -0.1) is 11.3 Å². The van der Waals surface area contributed by atoms with Crippen molar-refractivity contribution in [3.05, 3.63) is 62.2 Å². The van der Waals surface area contributed by atoms with Gasteiger partial charge in [0.05, 0.1) is 10.0 Å². The van der Waals surface area contributed by atoms with Crippen LogP contribution in [0.25, 0.3) is 5.82 Å². The van der Waals surface area contributed by atoms with Gasteiger partial charge in [0.25, 0.3) is 5.92 Å². The SMILES string of the molecule is Cc1nn(-c2ncccc2CNC(C)C)cc1CN1CCC2(CC1)OCC(F)(F)c1cc(Cl)sc12.O=C(O)[C@H](O)[C@@H](O)C(=O)O. The molecule has 1 fully saturated rings. The van der Waals surface area contributed by atoms with E-state index >= 15 is 0 Å². The van der Waals surface area contributed by atoms with E-state index in [-0.39, 0.29) is 5.56 Å². The van der Waals surface area contributed by atoms with E-state index in [1.807, 2.05) is 17.7 Å². The lowest BCUT2D eigenvalue weighted by Gasteiger charge is -2.45. The second kappa shape index (κ2) is 14.2. The zero-order valence-corrected chi connectivity index (χ0v) is 26.5. The molecule has 5 heterocycles. The van der Waals surface area contributed by atoms with Crippen molar-refractivity contribution in [1.29, 1.82) is 0 Å². The van der Waals surface area contributed by atoms with Gasteiger partial charge < -0.3 is 30.5 Å². The van der Waals surface area contributed by atoms with E-state index in [0.717, 1.165) is 48.8 Å². The summed E-state index contributed by atoms with van der Waals surface area (Å²) in [6.07, 6.45) is 0.621. The molecule has 0 aromatic carbocycles. The molecule has 0 aliphatic carbocycles. The van der Waals surface area contributed by atoms with Crippen molar-refractivity contribution in [2.75, 3.05) is 19.7 Å².